The van der Waals surface area contributed by atoms with Crippen LogP contribution in [-0.2, 0) is 15.0 Å². The van der Waals surface area contributed by atoms with E-state index in [1.807, 2.05) is 0 Å². The molecule has 1 aromatic heterocycles. The van der Waals surface area contributed by atoms with Crippen molar-refractivity contribution in [3.05, 3.63) is 59.4 Å². The highest BCUT2D eigenvalue weighted by atomic mass is 19.1. The number of aliphatic hydroxyl groups excluding tert-OH is 1. The number of pyridine rings is 1. The normalized spacial score (nSPS) is 27.0. The third kappa shape index (κ3) is 3.49. The number of alkyl halides is 1. The Balaban J connectivity index is 1.68. The highest BCUT2D eigenvalue weighted by molar-refractivity contribution is 5.73. The molecule has 1 aromatic carbocycles. The Labute approximate surface area is 164 Å². The number of nitrogens with zero attached hydrogens (tertiary/aromatic N) is 2. The number of benzene rings is 1. The van der Waals surface area contributed by atoms with Crippen molar-refractivity contribution >= 4 is 11.7 Å². The number of halogens is 3. The van der Waals surface area contributed by atoms with Gasteiger partial charge in [0.25, 0.3) is 6.02 Å². The fourth-order valence-corrected chi connectivity index (χ4v) is 3.75. The van der Waals surface area contributed by atoms with Crippen molar-refractivity contribution in [1.29, 1.82) is 0 Å². The van der Waals surface area contributed by atoms with Gasteiger partial charge in [0.1, 0.15) is 23.8 Å². The van der Waals surface area contributed by atoms with Crippen molar-refractivity contribution in [2.45, 2.75) is 17.9 Å². The zero-order valence-electron chi connectivity index (χ0n) is 15.2. The summed E-state index contributed by atoms with van der Waals surface area (Å²) in [6, 6.07) is 6.45. The lowest BCUT2D eigenvalue weighted by atomic mass is 9.78. The average Bonchev–Trinajstić information content (AvgIpc) is 3.08. The quantitative estimate of drug-likeness (QED) is 0.654. The van der Waals surface area contributed by atoms with Crippen LogP contribution in [0.4, 0.5) is 18.9 Å². The lowest BCUT2D eigenvalue weighted by molar-refractivity contribution is 0.0528. The first-order chi connectivity index (χ1) is 13.9. The van der Waals surface area contributed by atoms with E-state index in [0.717, 1.165) is 6.20 Å². The Morgan fingerprint density at radius 3 is 2.86 bits per heavy atom. The molecule has 1 fully saturated rings. The van der Waals surface area contributed by atoms with Gasteiger partial charge in [-0.2, -0.15) is 0 Å². The van der Waals surface area contributed by atoms with Gasteiger partial charge >= 0.3 is 0 Å². The molecule has 0 radical (unpaired) electrons. The summed E-state index contributed by atoms with van der Waals surface area (Å²) in [5.74, 6) is -1.67. The van der Waals surface area contributed by atoms with Crippen molar-refractivity contribution in [3.8, 4) is 0 Å². The fraction of sp³-hybridized carbons (Fsp3) is 0.368. The third-order valence-corrected chi connectivity index (χ3v) is 5.22. The maximum Gasteiger partial charge on any atom is 0.282 e. The Kier molecular flexibility index (Phi) is 5.05. The molecule has 0 saturated carbocycles. The van der Waals surface area contributed by atoms with Crippen molar-refractivity contribution in [2.75, 3.05) is 25.2 Å². The molecular formula is C19H19F3N4O3. The van der Waals surface area contributed by atoms with Gasteiger partial charge in [-0.05, 0) is 30.3 Å². The number of nitrogens with one attached hydrogen (secondary N) is 1. The number of aliphatic hydroxyl groups is 1. The summed E-state index contributed by atoms with van der Waals surface area (Å²) < 4.78 is 52.0. The molecule has 0 amide bonds. The number of hydrogen-bond acceptors (Lipinski definition) is 7. The molecular weight excluding hydrogens is 389 g/mol. The van der Waals surface area contributed by atoms with E-state index in [4.69, 9.17) is 15.2 Å². The molecule has 7 nitrogen and oxygen atoms in total. The molecule has 4 N–H and O–H groups in total. The molecule has 0 bridgehead atoms. The van der Waals surface area contributed by atoms with Gasteiger partial charge in [-0.15, -0.1) is 0 Å². The van der Waals surface area contributed by atoms with Crippen molar-refractivity contribution in [2.24, 2.45) is 16.6 Å². The van der Waals surface area contributed by atoms with E-state index >= 15 is 0 Å². The third-order valence-electron chi connectivity index (χ3n) is 5.22. The molecule has 1 saturated heterocycles. The molecule has 2 aliphatic heterocycles. The molecule has 4 unspecified atom stereocenters. The summed E-state index contributed by atoms with van der Waals surface area (Å²) in [5, 5.41) is 13.1. The Hall–Kier alpha value is -2.85. The molecule has 0 aliphatic carbocycles. The summed E-state index contributed by atoms with van der Waals surface area (Å²) in [5.41, 5.74) is 5.17. The van der Waals surface area contributed by atoms with Crippen molar-refractivity contribution in [3.63, 3.8) is 0 Å². The first-order valence-corrected chi connectivity index (χ1v) is 8.95. The van der Waals surface area contributed by atoms with Crippen LogP contribution in [0.5, 0.6) is 0 Å². The van der Waals surface area contributed by atoms with E-state index in [-0.39, 0.29) is 30.5 Å². The second kappa shape index (κ2) is 7.53. The summed E-state index contributed by atoms with van der Waals surface area (Å²) in [6.45, 7) is -0.776. The predicted molar refractivity (Wildman–Crippen MR) is 97.6 cm³/mol. The smallest absolute Gasteiger partial charge is 0.282 e. The Morgan fingerprint density at radius 2 is 2.14 bits per heavy atom. The van der Waals surface area contributed by atoms with Crippen LogP contribution in [0, 0.1) is 17.6 Å². The molecule has 0 spiro atoms. The topological polar surface area (TPSA) is 102 Å². The summed E-state index contributed by atoms with van der Waals surface area (Å²) in [7, 11) is 0. The lowest BCUT2D eigenvalue weighted by Gasteiger charge is -2.35. The first-order valence-electron chi connectivity index (χ1n) is 8.95. The summed E-state index contributed by atoms with van der Waals surface area (Å²) in [6.07, 6.45) is -1.08. The highest BCUT2D eigenvalue weighted by Crippen LogP contribution is 2.46. The highest BCUT2D eigenvalue weighted by Gasteiger charge is 2.55. The standard InChI is InChI=1S/C19H19F3N4O3/c20-6-16-13-8-28-18(23)26-19(13,9-29-16)12-5-11(2-3-14(12)22)25-17(27)15-4-1-10(21)7-24-15/h1-5,7,13,16-17,25,27H,6,8-9H2,(H2,23,26). The average molecular weight is 408 g/mol. The molecule has 29 heavy (non-hydrogen) atoms. The number of nitrogens with two attached hydrogens (primary N) is 1. The Bertz CT molecular complexity index is 927. The lowest BCUT2D eigenvalue weighted by Crippen LogP contribution is -2.45. The van der Waals surface area contributed by atoms with Crippen LogP contribution in [-0.4, -0.2) is 42.1 Å². The second-order valence-corrected chi connectivity index (χ2v) is 6.94. The van der Waals surface area contributed by atoms with Gasteiger partial charge in [-0.25, -0.2) is 18.2 Å². The number of rotatable bonds is 5. The number of amidine groups is 1. The molecule has 154 valence electrons. The molecule has 2 aliphatic rings. The predicted octanol–water partition coefficient (Wildman–Crippen LogP) is 1.99. The van der Waals surface area contributed by atoms with Crippen LogP contribution in [0.25, 0.3) is 0 Å². The van der Waals surface area contributed by atoms with Crippen LogP contribution < -0.4 is 11.1 Å². The maximum absolute atomic E-state index is 14.8. The number of ether oxygens (including phenoxy) is 2. The van der Waals surface area contributed by atoms with Crippen molar-refractivity contribution < 1.29 is 27.8 Å². The number of aliphatic imine (C=N–C) groups is 1. The van der Waals surface area contributed by atoms with Crippen LogP contribution in [0.1, 0.15) is 17.5 Å². The van der Waals surface area contributed by atoms with Gasteiger partial charge in [-0.1, -0.05) is 0 Å². The van der Waals surface area contributed by atoms with Crippen LogP contribution in [0.2, 0.25) is 0 Å². The number of hydrogen-bond donors (Lipinski definition) is 3. The zero-order chi connectivity index (χ0) is 20.6. The molecule has 4 atom stereocenters. The second-order valence-electron chi connectivity index (χ2n) is 6.94. The number of anilines is 1. The van der Waals surface area contributed by atoms with E-state index in [9.17, 15) is 18.3 Å². The molecule has 4 rings (SSSR count). The fourth-order valence-electron chi connectivity index (χ4n) is 3.75. The van der Waals surface area contributed by atoms with E-state index in [1.165, 1.54) is 30.3 Å². The summed E-state index contributed by atoms with van der Waals surface area (Å²) >= 11 is 0. The number of fused-ring (bicyclic) bond motifs is 1. The first kappa shape index (κ1) is 19.5. The van der Waals surface area contributed by atoms with E-state index < -0.39 is 42.1 Å². The van der Waals surface area contributed by atoms with Gasteiger partial charge in [0, 0.05) is 11.3 Å². The van der Waals surface area contributed by atoms with Gasteiger partial charge in [-0.3, -0.25) is 4.98 Å². The van der Waals surface area contributed by atoms with Gasteiger partial charge in [0.15, 0.2) is 6.23 Å². The van der Waals surface area contributed by atoms with Crippen molar-refractivity contribution in [1.82, 2.24) is 4.98 Å². The van der Waals surface area contributed by atoms with E-state index in [2.05, 4.69) is 15.3 Å². The minimum absolute atomic E-state index is 0.0448. The number of aromatic nitrogens is 1. The van der Waals surface area contributed by atoms with Gasteiger partial charge in [0.05, 0.1) is 37.1 Å². The minimum Gasteiger partial charge on any atom is -0.465 e. The monoisotopic (exact) mass is 408 g/mol. The SMILES string of the molecule is NC1=NC2(c3cc(NC(O)c4ccc(F)cn4)ccc3F)COC(CF)C2CO1. The zero-order valence-corrected chi connectivity index (χ0v) is 15.2. The van der Waals surface area contributed by atoms with Gasteiger partial charge < -0.3 is 25.6 Å². The van der Waals surface area contributed by atoms with E-state index in [1.54, 1.807) is 0 Å². The van der Waals surface area contributed by atoms with E-state index in [0.29, 0.717) is 5.69 Å². The minimum atomic E-state index is -1.26. The largest absolute Gasteiger partial charge is 0.465 e. The summed E-state index contributed by atoms with van der Waals surface area (Å²) in [4.78, 5) is 8.10. The molecule has 2 aromatic rings. The van der Waals surface area contributed by atoms with Gasteiger partial charge in [0.2, 0.25) is 0 Å². The molecule has 3 heterocycles. The van der Waals surface area contributed by atoms with Crippen LogP contribution in [0.3, 0.4) is 0 Å². The molecule has 10 heteroatoms. The van der Waals surface area contributed by atoms with Crippen LogP contribution in [0.15, 0.2) is 41.5 Å². The Morgan fingerprint density at radius 1 is 1.31 bits per heavy atom. The maximum atomic E-state index is 14.8. The van der Waals surface area contributed by atoms with Crippen LogP contribution >= 0.6 is 0 Å².